The molecule has 1 fully saturated rings. The van der Waals surface area contributed by atoms with E-state index in [1.165, 1.54) is 6.33 Å². The van der Waals surface area contributed by atoms with Crippen molar-refractivity contribution in [2.75, 3.05) is 36.9 Å². The van der Waals surface area contributed by atoms with E-state index in [0.717, 1.165) is 35.7 Å². The molecular formula is C21H20N8O. The Labute approximate surface area is 172 Å². The third-order valence-electron chi connectivity index (χ3n) is 5.19. The zero-order chi connectivity index (χ0) is 20.5. The Morgan fingerprint density at radius 1 is 1.03 bits per heavy atom. The number of ether oxygens (including phenoxy) is 1. The van der Waals surface area contributed by atoms with E-state index in [-0.39, 0.29) is 5.71 Å². The van der Waals surface area contributed by atoms with E-state index in [0.29, 0.717) is 30.2 Å². The summed E-state index contributed by atoms with van der Waals surface area (Å²) in [6, 6.07) is 11.4. The number of benzene rings is 1. The fourth-order valence-corrected chi connectivity index (χ4v) is 3.54. The highest BCUT2D eigenvalue weighted by Crippen LogP contribution is 2.26. The van der Waals surface area contributed by atoms with Crippen molar-refractivity contribution in [1.82, 2.24) is 24.6 Å². The normalized spacial score (nSPS) is 14.2. The van der Waals surface area contributed by atoms with Crippen LogP contribution in [0.25, 0.3) is 16.8 Å². The second-order valence-corrected chi connectivity index (χ2v) is 7.05. The van der Waals surface area contributed by atoms with Crippen molar-refractivity contribution in [1.29, 1.82) is 5.41 Å². The molecule has 0 radical (unpaired) electrons. The van der Waals surface area contributed by atoms with Gasteiger partial charge >= 0.3 is 0 Å². The molecule has 0 amide bonds. The van der Waals surface area contributed by atoms with E-state index < -0.39 is 0 Å². The van der Waals surface area contributed by atoms with Crippen LogP contribution in [-0.4, -0.2) is 56.6 Å². The molecule has 5 rings (SSSR count). The van der Waals surface area contributed by atoms with Gasteiger partial charge in [0.15, 0.2) is 5.65 Å². The van der Waals surface area contributed by atoms with E-state index in [1.807, 2.05) is 47.0 Å². The SMILES string of the molecule is N=C(c1cc(N2CCOCC2)ncn1)c1cc(-c2ccc3nncn3c2)ccc1N. The third kappa shape index (κ3) is 3.35. The summed E-state index contributed by atoms with van der Waals surface area (Å²) in [5, 5.41) is 16.7. The van der Waals surface area contributed by atoms with E-state index >= 15 is 0 Å². The molecule has 9 nitrogen and oxygen atoms in total. The maximum Gasteiger partial charge on any atom is 0.160 e. The largest absolute Gasteiger partial charge is 0.398 e. The highest BCUT2D eigenvalue weighted by atomic mass is 16.5. The average molecular weight is 400 g/mol. The fourth-order valence-electron chi connectivity index (χ4n) is 3.54. The smallest absolute Gasteiger partial charge is 0.160 e. The van der Waals surface area contributed by atoms with Gasteiger partial charge in [-0.05, 0) is 35.4 Å². The molecule has 0 bridgehead atoms. The lowest BCUT2D eigenvalue weighted by Gasteiger charge is -2.27. The van der Waals surface area contributed by atoms with Crippen LogP contribution in [0.4, 0.5) is 11.5 Å². The van der Waals surface area contributed by atoms with E-state index in [1.54, 1.807) is 6.33 Å². The monoisotopic (exact) mass is 400 g/mol. The predicted octanol–water partition coefficient (Wildman–Crippen LogP) is 2.02. The number of nitrogens with two attached hydrogens (primary N) is 1. The van der Waals surface area contributed by atoms with Crippen molar-refractivity contribution in [2.45, 2.75) is 0 Å². The number of pyridine rings is 1. The Morgan fingerprint density at radius 3 is 2.73 bits per heavy atom. The number of hydrogen-bond donors (Lipinski definition) is 2. The molecule has 1 saturated heterocycles. The summed E-state index contributed by atoms with van der Waals surface area (Å²) < 4.78 is 7.26. The van der Waals surface area contributed by atoms with Crippen LogP contribution >= 0.6 is 0 Å². The van der Waals surface area contributed by atoms with E-state index in [2.05, 4.69) is 25.1 Å². The topological polar surface area (TPSA) is 118 Å². The molecule has 30 heavy (non-hydrogen) atoms. The summed E-state index contributed by atoms with van der Waals surface area (Å²) in [5.74, 6) is 0.792. The molecular weight excluding hydrogens is 380 g/mol. The maximum absolute atomic E-state index is 8.75. The second kappa shape index (κ2) is 7.53. The zero-order valence-corrected chi connectivity index (χ0v) is 16.2. The van der Waals surface area contributed by atoms with Gasteiger partial charge in [-0.25, -0.2) is 9.97 Å². The Balaban J connectivity index is 1.49. The molecule has 0 spiro atoms. The number of morpholine rings is 1. The number of fused-ring (bicyclic) bond motifs is 1. The number of aromatic nitrogens is 5. The number of hydrogen-bond acceptors (Lipinski definition) is 8. The zero-order valence-electron chi connectivity index (χ0n) is 16.2. The number of anilines is 2. The number of nitrogen functional groups attached to an aromatic ring is 1. The van der Waals surface area contributed by atoms with Gasteiger partial charge in [-0.2, -0.15) is 0 Å². The molecule has 3 aromatic heterocycles. The Hall–Kier alpha value is -3.85. The lowest BCUT2D eigenvalue weighted by atomic mass is 9.99. The first-order chi connectivity index (χ1) is 14.7. The molecule has 4 aromatic rings. The molecule has 1 aliphatic rings. The lowest BCUT2D eigenvalue weighted by molar-refractivity contribution is 0.122. The van der Waals surface area contributed by atoms with Crippen LogP contribution in [0.3, 0.4) is 0 Å². The first-order valence-electron chi connectivity index (χ1n) is 9.62. The minimum Gasteiger partial charge on any atom is -0.398 e. The third-order valence-corrected chi connectivity index (χ3v) is 5.19. The van der Waals surface area contributed by atoms with Crippen molar-refractivity contribution >= 4 is 22.9 Å². The van der Waals surface area contributed by atoms with Crippen molar-refractivity contribution in [2.24, 2.45) is 0 Å². The van der Waals surface area contributed by atoms with Crippen molar-refractivity contribution in [3.8, 4) is 11.1 Å². The number of nitrogens with zero attached hydrogens (tertiary/aromatic N) is 6. The Bertz CT molecular complexity index is 1230. The molecule has 0 unspecified atom stereocenters. The highest BCUT2D eigenvalue weighted by Gasteiger charge is 2.17. The molecule has 1 aromatic carbocycles. The Kier molecular flexibility index (Phi) is 4.56. The molecule has 1 aliphatic heterocycles. The van der Waals surface area contributed by atoms with E-state index in [9.17, 15) is 0 Å². The van der Waals surface area contributed by atoms with Crippen LogP contribution in [0.15, 0.2) is 55.2 Å². The van der Waals surface area contributed by atoms with Crippen LogP contribution in [0.5, 0.6) is 0 Å². The quantitative estimate of drug-likeness (QED) is 0.397. The molecule has 150 valence electrons. The minimum absolute atomic E-state index is 0.261. The molecule has 9 heteroatoms. The van der Waals surface area contributed by atoms with Crippen LogP contribution in [0.2, 0.25) is 0 Å². The number of rotatable bonds is 4. The predicted molar refractivity (Wildman–Crippen MR) is 114 cm³/mol. The van der Waals surface area contributed by atoms with Gasteiger partial charge in [-0.1, -0.05) is 6.07 Å². The second-order valence-electron chi connectivity index (χ2n) is 7.05. The summed E-state index contributed by atoms with van der Waals surface area (Å²) in [5.41, 5.74) is 10.9. The maximum atomic E-state index is 8.75. The molecule has 0 aliphatic carbocycles. The summed E-state index contributed by atoms with van der Waals surface area (Å²) >= 11 is 0. The molecule has 3 N–H and O–H groups in total. The van der Waals surface area contributed by atoms with E-state index in [4.69, 9.17) is 15.9 Å². The van der Waals surface area contributed by atoms with Gasteiger partial charge in [0, 0.05) is 36.6 Å². The van der Waals surface area contributed by atoms with Gasteiger partial charge in [0.05, 0.1) is 24.6 Å². The van der Waals surface area contributed by atoms with Gasteiger partial charge < -0.3 is 15.4 Å². The van der Waals surface area contributed by atoms with Crippen LogP contribution in [-0.2, 0) is 4.74 Å². The van der Waals surface area contributed by atoms with Crippen LogP contribution in [0, 0.1) is 5.41 Å². The molecule has 0 atom stereocenters. The summed E-state index contributed by atoms with van der Waals surface area (Å²) in [6.07, 6.45) is 5.11. The first kappa shape index (κ1) is 18.2. The van der Waals surface area contributed by atoms with Crippen molar-refractivity contribution in [3.05, 3.63) is 66.5 Å². The van der Waals surface area contributed by atoms with Gasteiger partial charge in [0.25, 0.3) is 0 Å². The van der Waals surface area contributed by atoms with Crippen molar-refractivity contribution in [3.63, 3.8) is 0 Å². The van der Waals surface area contributed by atoms with Crippen molar-refractivity contribution < 1.29 is 4.74 Å². The standard InChI is InChI=1S/C21H20N8O/c22-17-3-1-14(15-2-4-19-27-26-13-29(19)11-15)9-16(17)21(23)18-10-20(25-12-24-18)28-5-7-30-8-6-28/h1-4,9-13,23H,5-8,22H2. The van der Waals surface area contributed by atoms with Crippen LogP contribution < -0.4 is 10.6 Å². The lowest BCUT2D eigenvalue weighted by Crippen LogP contribution is -2.36. The molecule has 4 heterocycles. The van der Waals surface area contributed by atoms with Gasteiger partial charge in [-0.3, -0.25) is 9.81 Å². The number of nitrogens with one attached hydrogen (secondary N) is 1. The minimum atomic E-state index is 0.261. The van der Waals surface area contributed by atoms with Crippen LogP contribution in [0.1, 0.15) is 11.3 Å². The summed E-state index contributed by atoms with van der Waals surface area (Å²) in [7, 11) is 0. The highest BCUT2D eigenvalue weighted by molar-refractivity contribution is 6.13. The Morgan fingerprint density at radius 2 is 1.87 bits per heavy atom. The summed E-state index contributed by atoms with van der Waals surface area (Å²) in [6.45, 7) is 2.88. The average Bonchev–Trinajstić information content (AvgIpc) is 3.28. The first-order valence-corrected chi connectivity index (χ1v) is 9.62. The summed E-state index contributed by atoms with van der Waals surface area (Å²) in [4.78, 5) is 10.8. The van der Waals surface area contributed by atoms with Gasteiger partial charge in [-0.15, -0.1) is 10.2 Å². The van der Waals surface area contributed by atoms with Gasteiger partial charge in [0.2, 0.25) is 0 Å². The van der Waals surface area contributed by atoms with Gasteiger partial charge in [0.1, 0.15) is 18.5 Å². The fraction of sp³-hybridized carbons (Fsp3) is 0.190. The molecule has 0 saturated carbocycles.